The lowest BCUT2D eigenvalue weighted by Gasteiger charge is -2.14. The summed E-state index contributed by atoms with van der Waals surface area (Å²) in [5.41, 5.74) is 3.60. The summed E-state index contributed by atoms with van der Waals surface area (Å²) in [6, 6.07) is 9.61. The molecule has 0 saturated heterocycles. The van der Waals surface area contributed by atoms with Crippen LogP contribution in [0.15, 0.2) is 46.8 Å². The lowest BCUT2D eigenvalue weighted by molar-refractivity contribution is 0.630. The molecule has 1 aromatic carbocycles. The average Bonchev–Trinajstić information content (AvgIpc) is 2.87. The molecule has 0 spiro atoms. The highest BCUT2D eigenvalue weighted by molar-refractivity contribution is 7.80. The Morgan fingerprint density at radius 3 is 2.69 bits per heavy atom. The van der Waals surface area contributed by atoms with E-state index in [4.69, 9.17) is 12.2 Å². The number of hydrogen-bond donors (Lipinski definition) is 2. The third kappa shape index (κ3) is 4.07. The summed E-state index contributed by atoms with van der Waals surface area (Å²) < 4.78 is 3.49. The molecule has 1 aromatic heterocycles. The predicted octanol–water partition coefficient (Wildman–Crippen LogP) is 3.66. The number of nitrogens with zero attached hydrogens (tertiary/aromatic N) is 2. The Morgan fingerprint density at radius 1 is 1.23 bits per heavy atom. The van der Waals surface area contributed by atoms with Crippen LogP contribution in [-0.2, 0) is 7.05 Å². The van der Waals surface area contributed by atoms with Gasteiger partial charge in [-0.2, -0.15) is 0 Å². The Kier molecular flexibility index (Phi) is 5.93. The number of para-hydroxylation sites is 1. The van der Waals surface area contributed by atoms with Crippen molar-refractivity contribution in [3.63, 3.8) is 0 Å². The van der Waals surface area contributed by atoms with Crippen molar-refractivity contribution in [1.29, 1.82) is 0 Å². The van der Waals surface area contributed by atoms with Crippen molar-refractivity contribution in [1.82, 2.24) is 14.7 Å². The third-order valence-electron chi connectivity index (χ3n) is 4.91. The van der Waals surface area contributed by atoms with Gasteiger partial charge in [0.1, 0.15) is 5.69 Å². The number of hydrogen-bond acceptors (Lipinski definition) is 2. The molecule has 0 amide bonds. The van der Waals surface area contributed by atoms with E-state index in [-0.39, 0.29) is 5.56 Å². The van der Waals surface area contributed by atoms with Gasteiger partial charge in [-0.05, 0) is 63.4 Å². The van der Waals surface area contributed by atoms with Crippen LogP contribution in [0.4, 0.5) is 5.69 Å². The van der Waals surface area contributed by atoms with Gasteiger partial charge in [-0.15, -0.1) is 0 Å². The molecule has 0 unspecified atom stereocenters. The minimum absolute atomic E-state index is 0.102. The summed E-state index contributed by atoms with van der Waals surface area (Å²) in [5, 5.41) is 6.81. The van der Waals surface area contributed by atoms with E-state index >= 15 is 0 Å². The van der Waals surface area contributed by atoms with E-state index in [0.717, 1.165) is 24.3 Å². The normalized spacial score (nSPS) is 14.0. The Morgan fingerprint density at radius 2 is 2.00 bits per heavy atom. The van der Waals surface area contributed by atoms with Crippen LogP contribution in [0, 0.1) is 6.92 Å². The predicted molar refractivity (Wildman–Crippen MR) is 111 cm³/mol. The summed E-state index contributed by atoms with van der Waals surface area (Å²) in [6.07, 6.45) is 8.34. The van der Waals surface area contributed by atoms with Crippen molar-refractivity contribution in [2.24, 2.45) is 7.05 Å². The second-order valence-electron chi connectivity index (χ2n) is 6.68. The van der Waals surface area contributed by atoms with Crippen LogP contribution in [0.2, 0.25) is 0 Å². The van der Waals surface area contributed by atoms with Gasteiger partial charge in [0, 0.05) is 13.6 Å². The molecule has 138 valence electrons. The fourth-order valence-corrected chi connectivity index (χ4v) is 3.54. The van der Waals surface area contributed by atoms with Gasteiger partial charge >= 0.3 is 0 Å². The first-order chi connectivity index (χ1) is 12.6. The Hall–Kier alpha value is -2.34. The van der Waals surface area contributed by atoms with Gasteiger partial charge in [-0.3, -0.25) is 9.48 Å². The standard InChI is InChI=1S/C20H26N4OS/c1-15-18(19(25)24(23(15)2)17-11-7-4-8-12-17)22-20(26)21-14-13-16-9-5-3-6-10-16/h4,7-9,11-12H,3,5-6,10,13-14H2,1-2H3,(H2,21,22,26). The molecule has 0 bridgehead atoms. The van der Waals surface area contributed by atoms with Crippen molar-refractivity contribution in [2.45, 2.75) is 39.0 Å². The van der Waals surface area contributed by atoms with E-state index < -0.39 is 0 Å². The van der Waals surface area contributed by atoms with Crippen LogP contribution in [0.5, 0.6) is 0 Å². The summed E-state index contributed by atoms with van der Waals surface area (Å²) in [4.78, 5) is 12.9. The van der Waals surface area contributed by atoms with Crippen LogP contribution in [0.25, 0.3) is 5.69 Å². The van der Waals surface area contributed by atoms with E-state index in [2.05, 4.69) is 16.7 Å². The quantitative estimate of drug-likeness (QED) is 0.623. The Labute approximate surface area is 159 Å². The number of nitrogens with one attached hydrogen (secondary N) is 2. The molecular weight excluding hydrogens is 344 g/mol. The van der Waals surface area contributed by atoms with Gasteiger partial charge in [0.2, 0.25) is 0 Å². The van der Waals surface area contributed by atoms with Crippen LogP contribution in [0.1, 0.15) is 37.8 Å². The maximum atomic E-state index is 12.9. The zero-order valence-electron chi connectivity index (χ0n) is 15.4. The fraction of sp³-hybridized carbons (Fsp3) is 0.400. The molecule has 1 aliphatic carbocycles. The molecule has 0 atom stereocenters. The van der Waals surface area contributed by atoms with Crippen LogP contribution in [0.3, 0.4) is 0 Å². The second kappa shape index (κ2) is 8.36. The molecule has 0 radical (unpaired) electrons. The molecule has 2 N–H and O–H groups in total. The number of anilines is 1. The van der Waals surface area contributed by atoms with Crippen molar-refractivity contribution in [2.75, 3.05) is 11.9 Å². The van der Waals surface area contributed by atoms with E-state index in [0.29, 0.717) is 10.8 Å². The van der Waals surface area contributed by atoms with Crippen LogP contribution < -0.4 is 16.2 Å². The molecular formula is C20H26N4OS. The molecule has 2 aromatic rings. The van der Waals surface area contributed by atoms with Crippen LogP contribution >= 0.6 is 12.2 Å². The fourth-order valence-electron chi connectivity index (χ4n) is 3.34. The van der Waals surface area contributed by atoms with Crippen LogP contribution in [-0.4, -0.2) is 21.0 Å². The first-order valence-electron chi connectivity index (χ1n) is 9.14. The summed E-state index contributed by atoms with van der Waals surface area (Å²) >= 11 is 5.39. The maximum Gasteiger partial charge on any atom is 0.295 e. The molecule has 26 heavy (non-hydrogen) atoms. The number of allylic oxidation sites excluding steroid dienone is 1. The van der Waals surface area contributed by atoms with Gasteiger partial charge in [0.25, 0.3) is 5.56 Å². The highest BCUT2D eigenvalue weighted by atomic mass is 32.1. The first-order valence-corrected chi connectivity index (χ1v) is 9.55. The molecule has 0 aliphatic heterocycles. The summed E-state index contributed by atoms with van der Waals surface area (Å²) in [7, 11) is 1.88. The van der Waals surface area contributed by atoms with Crippen molar-refractivity contribution in [3.05, 3.63) is 58.0 Å². The zero-order chi connectivity index (χ0) is 18.5. The second-order valence-corrected chi connectivity index (χ2v) is 7.08. The van der Waals surface area contributed by atoms with Gasteiger partial charge in [-0.25, -0.2) is 4.68 Å². The molecule has 3 rings (SSSR count). The molecule has 0 saturated carbocycles. The van der Waals surface area contributed by atoms with Gasteiger partial charge in [0.05, 0.1) is 11.4 Å². The molecule has 5 nitrogen and oxygen atoms in total. The molecule has 1 heterocycles. The lowest BCUT2D eigenvalue weighted by atomic mass is 9.97. The molecule has 6 heteroatoms. The van der Waals surface area contributed by atoms with Gasteiger partial charge < -0.3 is 10.6 Å². The number of aromatic nitrogens is 2. The van der Waals surface area contributed by atoms with Crippen molar-refractivity contribution in [3.8, 4) is 5.69 Å². The summed E-state index contributed by atoms with van der Waals surface area (Å²) in [6.45, 7) is 2.70. The monoisotopic (exact) mass is 370 g/mol. The first kappa shape index (κ1) is 18.5. The van der Waals surface area contributed by atoms with Gasteiger partial charge in [0.15, 0.2) is 5.11 Å². The average molecular weight is 371 g/mol. The number of benzene rings is 1. The zero-order valence-corrected chi connectivity index (χ0v) is 16.2. The topological polar surface area (TPSA) is 51.0 Å². The SMILES string of the molecule is Cc1c(NC(=S)NCCC2=CCCCC2)c(=O)n(-c2ccccc2)n1C. The van der Waals surface area contributed by atoms with E-state index in [9.17, 15) is 4.79 Å². The summed E-state index contributed by atoms with van der Waals surface area (Å²) in [5.74, 6) is 0. The van der Waals surface area contributed by atoms with Crippen molar-refractivity contribution < 1.29 is 0 Å². The van der Waals surface area contributed by atoms with E-state index in [1.807, 2.05) is 49.0 Å². The minimum atomic E-state index is -0.102. The van der Waals surface area contributed by atoms with E-state index in [1.54, 1.807) is 4.68 Å². The lowest BCUT2D eigenvalue weighted by Crippen LogP contribution is -2.32. The largest absolute Gasteiger partial charge is 0.362 e. The minimum Gasteiger partial charge on any atom is -0.362 e. The highest BCUT2D eigenvalue weighted by Gasteiger charge is 2.16. The Bertz CT molecular complexity index is 864. The number of thiocarbonyl (C=S) groups is 1. The highest BCUT2D eigenvalue weighted by Crippen LogP contribution is 2.19. The maximum absolute atomic E-state index is 12.9. The smallest absolute Gasteiger partial charge is 0.295 e. The molecule has 1 aliphatic rings. The molecule has 0 fully saturated rings. The Balaban J connectivity index is 1.67. The number of rotatable bonds is 5. The van der Waals surface area contributed by atoms with Crippen molar-refractivity contribution >= 4 is 23.0 Å². The van der Waals surface area contributed by atoms with Gasteiger partial charge in [-0.1, -0.05) is 29.8 Å². The third-order valence-corrected chi connectivity index (χ3v) is 5.16. The van der Waals surface area contributed by atoms with E-state index in [1.165, 1.54) is 31.3 Å².